The Balaban J connectivity index is 0.00000112. The minimum Gasteiger partial charge on any atom is -0.333 e. The zero-order chi connectivity index (χ0) is 9.80. The first-order valence-electron chi connectivity index (χ1n) is 4.35. The molecule has 0 spiro atoms. The zero-order valence-electron chi connectivity index (χ0n) is 8.30. The Labute approximate surface area is 115 Å². The van der Waals surface area contributed by atoms with Gasteiger partial charge in [-0.3, -0.25) is 0 Å². The van der Waals surface area contributed by atoms with Gasteiger partial charge in [0.05, 0.1) is 6.33 Å². The molecule has 0 amide bonds. The van der Waals surface area contributed by atoms with Gasteiger partial charge in [-0.1, -0.05) is 5.70 Å². The molecule has 0 fully saturated rings. The average Bonchev–Trinajstić information content (AvgIpc) is 2.72. The number of imidazole rings is 1. The molecule has 1 aromatic carbocycles. The van der Waals surface area contributed by atoms with Gasteiger partial charge in [0.1, 0.15) is 0 Å². The molecule has 0 aliphatic heterocycles. The van der Waals surface area contributed by atoms with E-state index in [4.69, 9.17) is 0 Å². The van der Waals surface area contributed by atoms with Gasteiger partial charge in [0.25, 0.3) is 0 Å². The van der Waals surface area contributed by atoms with Crippen molar-refractivity contribution in [2.45, 2.75) is 0 Å². The van der Waals surface area contributed by atoms with E-state index in [1.54, 1.807) is 12.5 Å². The number of rotatable bonds is 2. The number of nitrogens with zero attached hydrogens (tertiary/aromatic N) is 2. The van der Waals surface area contributed by atoms with E-state index >= 15 is 0 Å². The largest absolute Gasteiger partial charge is 0.333 e. The van der Waals surface area contributed by atoms with Crippen LogP contribution in [0.5, 0.6) is 0 Å². The summed E-state index contributed by atoms with van der Waals surface area (Å²) in [6, 6.07) is 10.9. The third-order valence-electron chi connectivity index (χ3n) is 1.89. The molecule has 1 heterocycles. The van der Waals surface area contributed by atoms with Gasteiger partial charge < -0.3 is 4.57 Å². The van der Waals surface area contributed by atoms with Crippen LogP contribution in [-0.4, -0.2) is 9.55 Å². The van der Waals surface area contributed by atoms with Crippen LogP contribution in [0.25, 0.3) is 11.8 Å². The quantitative estimate of drug-likeness (QED) is 0.767. The SMILES string of the molecule is [CH2-]/C(=C\c1[c-]cccc1)n1ccnc1.[Y]. The smallest absolute Gasteiger partial charge is 0.0970 e. The Kier molecular flexibility index (Phi) is 4.79. The first kappa shape index (κ1) is 12.2. The maximum atomic E-state index is 3.96. The second kappa shape index (κ2) is 5.89. The van der Waals surface area contributed by atoms with E-state index < -0.39 is 0 Å². The summed E-state index contributed by atoms with van der Waals surface area (Å²) in [5.41, 5.74) is 1.90. The molecular formula is C12H10N2Y-2. The van der Waals surface area contributed by atoms with Crippen LogP contribution in [0.2, 0.25) is 0 Å². The molecule has 0 bridgehead atoms. The normalized spacial score (nSPS) is 10.8. The summed E-state index contributed by atoms with van der Waals surface area (Å²) in [5, 5.41) is 0. The van der Waals surface area contributed by atoms with Crippen molar-refractivity contribution in [3.05, 3.63) is 61.5 Å². The molecular weight excluding hydrogens is 261 g/mol. The van der Waals surface area contributed by atoms with Crippen LogP contribution in [0, 0.1) is 13.0 Å². The molecule has 0 saturated carbocycles. The fourth-order valence-electron chi connectivity index (χ4n) is 1.18. The molecule has 0 unspecified atom stereocenters. The maximum absolute atomic E-state index is 3.96. The summed E-state index contributed by atoms with van der Waals surface area (Å²) in [7, 11) is 0. The van der Waals surface area contributed by atoms with Gasteiger partial charge in [-0.25, -0.2) is 11.9 Å². The molecule has 2 rings (SSSR count). The van der Waals surface area contributed by atoms with E-state index in [-0.39, 0.29) is 32.7 Å². The minimum atomic E-state index is 0. The van der Waals surface area contributed by atoms with Gasteiger partial charge >= 0.3 is 0 Å². The number of benzene rings is 1. The van der Waals surface area contributed by atoms with Crippen LogP contribution >= 0.6 is 0 Å². The van der Waals surface area contributed by atoms with E-state index in [9.17, 15) is 0 Å². The van der Waals surface area contributed by atoms with Crippen molar-refractivity contribution in [1.82, 2.24) is 9.55 Å². The van der Waals surface area contributed by atoms with Crippen LogP contribution < -0.4 is 0 Å². The van der Waals surface area contributed by atoms with E-state index in [1.165, 1.54) is 0 Å². The Morgan fingerprint density at radius 2 is 2.33 bits per heavy atom. The van der Waals surface area contributed by atoms with E-state index in [1.807, 2.05) is 41.1 Å². The van der Waals surface area contributed by atoms with Crippen molar-refractivity contribution < 1.29 is 32.7 Å². The predicted octanol–water partition coefficient (Wildman–Crippen LogP) is 2.51. The van der Waals surface area contributed by atoms with Gasteiger partial charge in [0, 0.05) is 45.1 Å². The van der Waals surface area contributed by atoms with Crippen molar-refractivity contribution in [2.75, 3.05) is 0 Å². The van der Waals surface area contributed by atoms with E-state index in [0.717, 1.165) is 11.3 Å². The topological polar surface area (TPSA) is 17.8 Å². The summed E-state index contributed by atoms with van der Waals surface area (Å²) in [4.78, 5) is 3.96. The molecule has 0 atom stereocenters. The van der Waals surface area contributed by atoms with Crippen LogP contribution in [-0.2, 0) is 32.7 Å². The summed E-state index contributed by atoms with van der Waals surface area (Å²) in [5.74, 6) is 0. The molecule has 73 valence electrons. The van der Waals surface area contributed by atoms with Crippen LogP contribution in [0.3, 0.4) is 0 Å². The summed E-state index contributed by atoms with van der Waals surface area (Å²) in [6.07, 6.45) is 7.28. The monoisotopic (exact) mass is 271 g/mol. The molecule has 1 aromatic heterocycles. The van der Waals surface area contributed by atoms with Gasteiger partial charge in [-0.2, -0.15) is 0 Å². The zero-order valence-corrected chi connectivity index (χ0v) is 11.1. The Morgan fingerprint density at radius 1 is 1.47 bits per heavy atom. The fraction of sp³-hybridized carbons (Fsp3) is 0. The fourth-order valence-corrected chi connectivity index (χ4v) is 1.18. The number of aromatic nitrogens is 2. The molecule has 0 aliphatic carbocycles. The standard InChI is InChI=1S/C12H10N2.Y/c1-11(14-8-7-13-10-14)9-12-5-3-2-4-6-12;/h2-5,7-10H,1H2;/q-2;/b11-9+;. The van der Waals surface area contributed by atoms with Crippen molar-refractivity contribution in [3.63, 3.8) is 0 Å². The van der Waals surface area contributed by atoms with Crippen molar-refractivity contribution in [2.24, 2.45) is 0 Å². The van der Waals surface area contributed by atoms with Gasteiger partial charge in [-0.15, -0.1) is 42.0 Å². The number of hydrogen-bond acceptors (Lipinski definition) is 1. The Bertz CT molecular complexity index is 418. The molecule has 1 radical (unpaired) electrons. The Hall–Kier alpha value is -0.856. The van der Waals surface area contributed by atoms with Crippen LogP contribution in [0.4, 0.5) is 0 Å². The second-order valence-electron chi connectivity index (χ2n) is 2.92. The number of hydrogen-bond donors (Lipinski definition) is 0. The van der Waals surface area contributed by atoms with Gasteiger partial charge in [-0.05, 0) is 0 Å². The molecule has 0 aliphatic rings. The molecule has 0 saturated heterocycles. The van der Waals surface area contributed by atoms with Crippen molar-refractivity contribution >= 4 is 11.8 Å². The van der Waals surface area contributed by atoms with Crippen molar-refractivity contribution in [1.29, 1.82) is 0 Å². The van der Waals surface area contributed by atoms with E-state index in [2.05, 4.69) is 18.0 Å². The molecule has 2 nitrogen and oxygen atoms in total. The minimum absolute atomic E-state index is 0. The summed E-state index contributed by atoms with van der Waals surface area (Å²) < 4.78 is 1.86. The first-order valence-corrected chi connectivity index (χ1v) is 4.35. The van der Waals surface area contributed by atoms with Crippen LogP contribution in [0.1, 0.15) is 5.56 Å². The average molecular weight is 271 g/mol. The van der Waals surface area contributed by atoms with Crippen molar-refractivity contribution in [3.8, 4) is 0 Å². The Morgan fingerprint density at radius 3 is 2.93 bits per heavy atom. The molecule has 2 aromatic rings. The third-order valence-corrected chi connectivity index (χ3v) is 1.89. The molecule has 3 heteroatoms. The molecule has 15 heavy (non-hydrogen) atoms. The number of allylic oxidation sites excluding steroid dienone is 1. The van der Waals surface area contributed by atoms with Gasteiger partial charge in [0.2, 0.25) is 0 Å². The summed E-state index contributed by atoms with van der Waals surface area (Å²) >= 11 is 0. The third kappa shape index (κ3) is 3.33. The van der Waals surface area contributed by atoms with E-state index in [0.29, 0.717) is 0 Å². The second-order valence-corrected chi connectivity index (χ2v) is 2.92. The first-order chi connectivity index (χ1) is 6.86. The predicted molar refractivity (Wildman–Crippen MR) is 57.0 cm³/mol. The van der Waals surface area contributed by atoms with Crippen LogP contribution in [0.15, 0.2) is 43.0 Å². The summed E-state index contributed by atoms with van der Waals surface area (Å²) in [6.45, 7) is 3.94. The van der Waals surface area contributed by atoms with Gasteiger partial charge in [0.15, 0.2) is 0 Å². The maximum Gasteiger partial charge on any atom is 0.0970 e. The molecule has 0 N–H and O–H groups in total.